The van der Waals surface area contributed by atoms with Crippen LogP contribution in [0.15, 0.2) is 20.9 Å². The molecule has 0 amide bonds. The number of H-pyrrole nitrogens is 1. The molecule has 0 aliphatic carbocycles. The minimum Gasteiger partial charge on any atom is -0.352 e. The molecule has 2 rings (SSSR count). The highest BCUT2D eigenvalue weighted by molar-refractivity contribution is 7.72. The average Bonchev–Trinajstić information content (AvgIpc) is 2.98. The summed E-state index contributed by atoms with van der Waals surface area (Å²) in [5, 5.41) is -2.04. The number of aromatic amines is 1. The molecule has 0 saturated carbocycles. The first-order valence-corrected chi connectivity index (χ1v) is 10.8. The Morgan fingerprint density at radius 2 is 2.07 bits per heavy atom. The van der Waals surface area contributed by atoms with Crippen LogP contribution in [0.2, 0.25) is 0 Å². The van der Waals surface area contributed by atoms with E-state index >= 15 is 0 Å². The van der Waals surface area contributed by atoms with Gasteiger partial charge in [0.15, 0.2) is 0 Å². The van der Waals surface area contributed by atoms with Gasteiger partial charge in [-0.3, -0.25) is 23.5 Å². The number of alkyl halides is 2. The van der Waals surface area contributed by atoms with Crippen LogP contribution in [-0.4, -0.2) is 48.4 Å². The summed E-state index contributed by atoms with van der Waals surface area (Å²) < 4.78 is 59.8. The largest absolute Gasteiger partial charge is 0.443 e. The Kier molecular flexibility index (Phi) is 6.52. The molecule has 0 aromatic carbocycles. The molecule has 14 nitrogen and oxygen atoms in total. The van der Waals surface area contributed by atoms with Crippen LogP contribution in [0.1, 0.15) is 18.2 Å². The molecule has 4 atom stereocenters. The van der Waals surface area contributed by atoms with E-state index in [4.69, 9.17) is 20.1 Å². The number of azide groups is 1. The molecule has 1 aliphatic rings. The predicted molar refractivity (Wildman–Crippen MR) is 90.3 cm³/mol. The first-order valence-electron chi connectivity index (χ1n) is 7.64. The zero-order valence-corrected chi connectivity index (χ0v) is 16.2. The SMILES string of the molecule is Cc1cn([C@H]2C[C@H](N=[N+]=[N-])[C@@H](COP(=O)(O)C(F)(F)P(=O)(O)O)O2)c(=O)[nH]c1=O. The summed E-state index contributed by atoms with van der Waals surface area (Å²) in [6.07, 6.45) is -1.61. The molecule has 1 aliphatic heterocycles. The summed E-state index contributed by atoms with van der Waals surface area (Å²) in [5.41, 5.74) is 7.22. The zero-order valence-electron chi connectivity index (χ0n) is 14.5. The number of nitrogens with one attached hydrogen (secondary N) is 1. The van der Waals surface area contributed by atoms with Crippen molar-refractivity contribution in [1.29, 1.82) is 0 Å². The highest BCUT2D eigenvalue weighted by atomic mass is 31.2. The van der Waals surface area contributed by atoms with E-state index in [1.54, 1.807) is 0 Å². The van der Waals surface area contributed by atoms with Crippen molar-refractivity contribution in [2.45, 2.75) is 37.1 Å². The molecule has 29 heavy (non-hydrogen) atoms. The topological polar surface area (TPSA) is 217 Å². The van der Waals surface area contributed by atoms with E-state index in [1.165, 1.54) is 6.92 Å². The van der Waals surface area contributed by atoms with E-state index < -0.39 is 56.8 Å². The molecule has 1 aromatic heterocycles. The fraction of sp³-hybridized carbons (Fsp3) is 0.636. The van der Waals surface area contributed by atoms with Crippen molar-refractivity contribution in [3.8, 4) is 0 Å². The molecule has 1 fully saturated rings. The molecule has 1 unspecified atom stereocenters. The standard InChI is InChI=1S/C11H15F2N5O9P2/c1-5-3-18(10(20)15-9(5)19)8-2-6(16-17-14)7(27-8)4-26-29(24,25)11(12,13)28(21,22)23/h3,6-8H,2,4H2,1H3,(H,24,25)(H,15,19,20)(H2,21,22,23)/t6-,7+,8+/m0/s1. The maximum absolute atomic E-state index is 13.5. The van der Waals surface area contributed by atoms with Crippen LogP contribution >= 0.6 is 15.2 Å². The van der Waals surface area contributed by atoms with Crippen LogP contribution in [0.4, 0.5) is 8.78 Å². The molecule has 1 aromatic rings. The Balaban J connectivity index is 2.25. The van der Waals surface area contributed by atoms with Gasteiger partial charge >= 0.3 is 26.3 Å². The lowest BCUT2D eigenvalue weighted by Crippen LogP contribution is -2.33. The highest BCUT2D eigenvalue weighted by Crippen LogP contribution is 2.73. The van der Waals surface area contributed by atoms with Gasteiger partial charge in [0, 0.05) is 23.1 Å². The summed E-state index contributed by atoms with van der Waals surface area (Å²) in [7, 11) is -12.5. The fourth-order valence-electron chi connectivity index (χ4n) is 2.44. The third-order valence-electron chi connectivity index (χ3n) is 3.96. The number of aryl methyl sites for hydroxylation is 1. The number of nitrogens with zero attached hydrogens (tertiary/aromatic N) is 4. The van der Waals surface area contributed by atoms with Crippen molar-refractivity contribution in [2.75, 3.05) is 6.61 Å². The fourth-order valence-corrected chi connectivity index (χ4v) is 4.44. The van der Waals surface area contributed by atoms with Gasteiger partial charge < -0.3 is 23.9 Å². The Morgan fingerprint density at radius 1 is 1.45 bits per heavy atom. The molecule has 0 bridgehead atoms. The average molecular weight is 461 g/mol. The highest BCUT2D eigenvalue weighted by Gasteiger charge is 2.65. The second kappa shape index (κ2) is 8.09. The van der Waals surface area contributed by atoms with Gasteiger partial charge in [-0.15, -0.1) is 0 Å². The lowest BCUT2D eigenvalue weighted by atomic mass is 10.1. The first kappa shape index (κ1) is 23.4. The number of hydrogen-bond donors (Lipinski definition) is 4. The van der Waals surface area contributed by atoms with Crippen molar-refractivity contribution < 1.29 is 41.9 Å². The van der Waals surface area contributed by atoms with Crippen LogP contribution in [0.3, 0.4) is 0 Å². The van der Waals surface area contributed by atoms with Gasteiger partial charge in [0.1, 0.15) is 6.23 Å². The minimum atomic E-state index is -6.33. The number of rotatable bonds is 7. The van der Waals surface area contributed by atoms with E-state index in [9.17, 15) is 32.4 Å². The predicted octanol–water partition coefficient (Wildman–Crippen LogP) is 0.741. The van der Waals surface area contributed by atoms with Crippen LogP contribution in [0.25, 0.3) is 10.4 Å². The van der Waals surface area contributed by atoms with Crippen molar-refractivity contribution in [3.63, 3.8) is 0 Å². The van der Waals surface area contributed by atoms with E-state index in [0.29, 0.717) is 0 Å². The van der Waals surface area contributed by atoms with Crippen LogP contribution in [0.5, 0.6) is 0 Å². The Morgan fingerprint density at radius 3 is 2.62 bits per heavy atom. The summed E-state index contributed by atoms with van der Waals surface area (Å²) in [6, 6.07) is -1.15. The van der Waals surface area contributed by atoms with Crippen molar-refractivity contribution in [3.05, 3.63) is 43.0 Å². The molecule has 162 valence electrons. The summed E-state index contributed by atoms with van der Waals surface area (Å²) in [4.78, 5) is 54.3. The molecule has 1 saturated heterocycles. The van der Waals surface area contributed by atoms with E-state index in [1.807, 2.05) is 4.98 Å². The lowest BCUT2D eigenvalue weighted by molar-refractivity contribution is -0.0276. The third-order valence-corrected chi connectivity index (χ3v) is 7.38. The lowest BCUT2D eigenvalue weighted by Gasteiger charge is -2.24. The van der Waals surface area contributed by atoms with E-state index in [2.05, 4.69) is 14.5 Å². The molecular formula is C11H15F2N5O9P2. The van der Waals surface area contributed by atoms with Gasteiger partial charge in [0.25, 0.3) is 5.56 Å². The van der Waals surface area contributed by atoms with Crippen molar-refractivity contribution in [1.82, 2.24) is 9.55 Å². The van der Waals surface area contributed by atoms with Crippen LogP contribution < -0.4 is 11.2 Å². The van der Waals surface area contributed by atoms with Gasteiger partial charge in [0.05, 0.1) is 18.8 Å². The summed E-state index contributed by atoms with van der Waals surface area (Å²) in [5.74, 6) is 0. The maximum atomic E-state index is 13.5. The van der Waals surface area contributed by atoms with Crippen molar-refractivity contribution >= 4 is 15.2 Å². The van der Waals surface area contributed by atoms with Gasteiger partial charge in [-0.1, -0.05) is 5.11 Å². The Bertz CT molecular complexity index is 1050. The van der Waals surface area contributed by atoms with E-state index in [0.717, 1.165) is 10.8 Å². The Hall–Kier alpha value is -1.89. The third kappa shape index (κ3) is 4.65. The van der Waals surface area contributed by atoms with Crippen LogP contribution in [-0.2, 0) is 18.4 Å². The maximum Gasteiger partial charge on any atom is 0.443 e. The van der Waals surface area contributed by atoms with Crippen molar-refractivity contribution in [2.24, 2.45) is 5.11 Å². The normalized spacial score (nSPS) is 24.7. The summed E-state index contributed by atoms with van der Waals surface area (Å²) >= 11 is 0. The van der Waals surface area contributed by atoms with E-state index in [-0.39, 0.29) is 12.0 Å². The molecule has 2 heterocycles. The first-order chi connectivity index (χ1) is 13.2. The number of halogens is 2. The zero-order chi connectivity index (χ0) is 22.2. The number of hydrogen-bond acceptors (Lipinski definition) is 7. The second-order valence-electron chi connectivity index (χ2n) is 5.99. The molecule has 0 spiro atoms. The molecular weight excluding hydrogens is 446 g/mol. The molecule has 0 radical (unpaired) electrons. The monoisotopic (exact) mass is 461 g/mol. The van der Waals surface area contributed by atoms with Gasteiger partial charge in [-0.05, 0) is 12.5 Å². The molecule has 18 heteroatoms. The number of ether oxygens (including phenoxy) is 1. The van der Waals surface area contributed by atoms with Crippen LogP contribution in [0, 0.1) is 6.92 Å². The Labute approximate surface area is 159 Å². The molecule has 4 N–H and O–H groups in total. The smallest absolute Gasteiger partial charge is 0.352 e. The second-order valence-corrected chi connectivity index (χ2v) is 9.85. The minimum absolute atomic E-state index is 0.134. The quantitative estimate of drug-likeness (QED) is 0.194. The van der Waals surface area contributed by atoms with Gasteiger partial charge in [-0.25, -0.2) is 4.79 Å². The van der Waals surface area contributed by atoms with Gasteiger partial charge in [0.2, 0.25) is 0 Å². The summed E-state index contributed by atoms with van der Waals surface area (Å²) in [6.45, 7) is 0.280. The van der Waals surface area contributed by atoms with Gasteiger partial charge in [-0.2, -0.15) is 8.78 Å². The number of aromatic nitrogens is 2.